The van der Waals surface area contributed by atoms with Gasteiger partial charge < -0.3 is 9.80 Å². The van der Waals surface area contributed by atoms with E-state index >= 15 is 0 Å². The molecule has 7 nitrogen and oxygen atoms in total. The van der Waals surface area contributed by atoms with Gasteiger partial charge in [-0.2, -0.15) is 5.10 Å². The molecule has 0 N–H and O–H groups in total. The van der Waals surface area contributed by atoms with Crippen LogP contribution in [0.3, 0.4) is 0 Å². The van der Waals surface area contributed by atoms with E-state index < -0.39 is 0 Å². The minimum absolute atomic E-state index is 0.0636. The highest BCUT2D eigenvalue weighted by atomic mass is 16.2. The van der Waals surface area contributed by atoms with Gasteiger partial charge in [-0.05, 0) is 38.1 Å². The zero-order chi connectivity index (χ0) is 21.4. The Hall–Kier alpha value is -3.74. The van der Waals surface area contributed by atoms with Crippen LogP contribution in [0.25, 0.3) is 16.7 Å². The van der Waals surface area contributed by atoms with E-state index in [0.717, 1.165) is 46.9 Å². The van der Waals surface area contributed by atoms with Crippen LogP contribution in [0.1, 0.15) is 21.9 Å². The van der Waals surface area contributed by atoms with Crippen molar-refractivity contribution in [1.82, 2.24) is 24.6 Å². The Kier molecular flexibility index (Phi) is 4.86. The molecule has 1 fully saturated rings. The number of anilines is 1. The number of hydrogen-bond acceptors (Lipinski definition) is 5. The molecule has 0 spiro atoms. The molecular weight excluding hydrogens is 388 g/mol. The third-order valence-corrected chi connectivity index (χ3v) is 5.80. The van der Waals surface area contributed by atoms with Gasteiger partial charge >= 0.3 is 0 Å². The number of nitrogens with zero attached hydrogens (tertiary/aromatic N) is 6. The van der Waals surface area contributed by atoms with Gasteiger partial charge in [0.15, 0.2) is 0 Å². The van der Waals surface area contributed by atoms with Crippen LogP contribution in [-0.4, -0.2) is 56.7 Å². The van der Waals surface area contributed by atoms with E-state index in [1.165, 1.54) is 0 Å². The van der Waals surface area contributed by atoms with Crippen molar-refractivity contribution in [2.24, 2.45) is 0 Å². The molecule has 2 aromatic heterocycles. The Morgan fingerprint density at radius 2 is 1.55 bits per heavy atom. The van der Waals surface area contributed by atoms with E-state index in [1.807, 2.05) is 59.0 Å². The maximum atomic E-state index is 13.0. The summed E-state index contributed by atoms with van der Waals surface area (Å²) in [4.78, 5) is 26.1. The second kappa shape index (κ2) is 7.83. The first-order valence-corrected chi connectivity index (χ1v) is 10.5. The molecule has 0 bridgehead atoms. The summed E-state index contributed by atoms with van der Waals surface area (Å²) in [6.45, 7) is 6.95. The first kappa shape index (κ1) is 19.2. The molecule has 0 aliphatic carbocycles. The number of carbonyl (C=O) groups is 1. The minimum atomic E-state index is -0.0636. The van der Waals surface area contributed by atoms with E-state index in [0.29, 0.717) is 18.8 Å². The van der Waals surface area contributed by atoms with Crippen molar-refractivity contribution < 1.29 is 4.79 Å². The van der Waals surface area contributed by atoms with Gasteiger partial charge in [0.2, 0.25) is 0 Å². The van der Waals surface area contributed by atoms with Gasteiger partial charge in [0, 0.05) is 26.2 Å². The quantitative estimate of drug-likeness (QED) is 0.516. The maximum Gasteiger partial charge on any atom is 0.274 e. The van der Waals surface area contributed by atoms with Crippen molar-refractivity contribution in [2.75, 3.05) is 31.1 Å². The Bertz CT molecular complexity index is 1240. The van der Waals surface area contributed by atoms with E-state index in [2.05, 4.69) is 33.9 Å². The number of aryl methyl sites for hydroxylation is 1. The number of fused-ring (bicyclic) bond motifs is 1. The molecule has 0 unspecified atom stereocenters. The van der Waals surface area contributed by atoms with Crippen LogP contribution >= 0.6 is 0 Å². The molecule has 0 saturated carbocycles. The molecule has 1 aliphatic rings. The van der Waals surface area contributed by atoms with Crippen molar-refractivity contribution >= 4 is 22.6 Å². The van der Waals surface area contributed by atoms with Crippen LogP contribution in [0, 0.1) is 13.8 Å². The Labute approximate surface area is 181 Å². The number of rotatable bonds is 3. The van der Waals surface area contributed by atoms with Gasteiger partial charge in [0.05, 0.1) is 40.0 Å². The Morgan fingerprint density at radius 3 is 2.29 bits per heavy atom. The van der Waals surface area contributed by atoms with Crippen molar-refractivity contribution in [3.63, 3.8) is 0 Å². The third kappa shape index (κ3) is 3.52. The summed E-state index contributed by atoms with van der Waals surface area (Å²) in [6, 6.07) is 17.8. The van der Waals surface area contributed by atoms with Crippen molar-refractivity contribution in [3.8, 4) is 5.69 Å². The van der Waals surface area contributed by atoms with Gasteiger partial charge in [0.1, 0.15) is 5.69 Å². The molecule has 1 aliphatic heterocycles. The lowest BCUT2D eigenvalue weighted by Gasteiger charge is -2.36. The molecule has 156 valence electrons. The SMILES string of the molecule is Cc1nn(-c2ccccc2)c(C)c1N1CCN(C(=O)c2cnc3ccccc3n2)CC1. The second-order valence-corrected chi connectivity index (χ2v) is 7.79. The molecule has 31 heavy (non-hydrogen) atoms. The van der Waals surface area contributed by atoms with Crippen molar-refractivity contribution in [3.05, 3.63) is 77.9 Å². The number of amides is 1. The molecule has 4 aromatic rings. The highest BCUT2D eigenvalue weighted by Gasteiger charge is 2.26. The lowest BCUT2D eigenvalue weighted by atomic mass is 10.2. The predicted molar refractivity (Wildman–Crippen MR) is 121 cm³/mol. The molecule has 2 aromatic carbocycles. The normalized spacial score (nSPS) is 14.3. The fraction of sp³-hybridized carbons (Fsp3) is 0.250. The largest absolute Gasteiger partial charge is 0.365 e. The van der Waals surface area contributed by atoms with Crippen LogP contribution in [0.15, 0.2) is 60.8 Å². The van der Waals surface area contributed by atoms with Crippen LogP contribution in [0.2, 0.25) is 0 Å². The van der Waals surface area contributed by atoms with E-state index in [-0.39, 0.29) is 5.91 Å². The van der Waals surface area contributed by atoms with E-state index in [1.54, 1.807) is 6.20 Å². The van der Waals surface area contributed by atoms with Crippen LogP contribution in [-0.2, 0) is 0 Å². The molecule has 1 saturated heterocycles. The standard InChI is InChI=1S/C24H24N6O/c1-17-23(18(2)30(27-17)19-8-4-3-5-9-19)28-12-14-29(15-13-28)24(31)22-16-25-20-10-6-7-11-21(20)26-22/h3-11,16H,12-15H2,1-2H3. The summed E-state index contributed by atoms with van der Waals surface area (Å²) in [7, 11) is 0. The summed E-state index contributed by atoms with van der Waals surface area (Å²) in [5.41, 5.74) is 6.26. The Morgan fingerprint density at radius 1 is 0.871 bits per heavy atom. The van der Waals surface area contributed by atoms with Crippen LogP contribution in [0.5, 0.6) is 0 Å². The van der Waals surface area contributed by atoms with Gasteiger partial charge in [-0.25, -0.2) is 9.67 Å². The number of piperazine rings is 1. The number of benzene rings is 2. The average Bonchev–Trinajstić information content (AvgIpc) is 3.12. The number of hydrogen-bond donors (Lipinski definition) is 0. The van der Waals surface area contributed by atoms with Gasteiger partial charge in [-0.1, -0.05) is 30.3 Å². The summed E-state index contributed by atoms with van der Waals surface area (Å²) < 4.78 is 1.99. The molecule has 5 rings (SSSR count). The third-order valence-electron chi connectivity index (χ3n) is 5.80. The molecule has 1 amide bonds. The first-order valence-electron chi connectivity index (χ1n) is 10.5. The zero-order valence-corrected chi connectivity index (χ0v) is 17.7. The van der Waals surface area contributed by atoms with Crippen molar-refractivity contribution in [2.45, 2.75) is 13.8 Å². The first-order chi connectivity index (χ1) is 15.1. The predicted octanol–water partition coefficient (Wildman–Crippen LogP) is 3.39. The monoisotopic (exact) mass is 412 g/mol. The minimum Gasteiger partial charge on any atom is -0.365 e. The highest BCUT2D eigenvalue weighted by Crippen LogP contribution is 2.28. The fourth-order valence-corrected chi connectivity index (χ4v) is 4.27. The van der Waals surface area contributed by atoms with Crippen LogP contribution < -0.4 is 4.90 Å². The molecule has 3 heterocycles. The van der Waals surface area contributed by atoms with Crippen molar-refractivity contribution in [1.29, 1.82) is 0 Å². The van der Waals surface area contributed by atoms with E-state index in [4.69, 9.17) is 5.10 Å². The summed E-state index contributed by atoms with van der Waals surface area (Å²) in [5.74, 6) is -0.0636. The topological polar surface area (TPSA) is 67.2 Å². The number of carbonyl (C=O) groups excluding carboxylic acids is 1. The number of aromatic nitrogens is 4. The van der Waals surface area contributed by atoms with Gasteiger partial charge in [-0.3, -0.25) is 9.78 Å². The maximum absolute atomic E-state index is 13.0. The summed E-state index contributed by atoms with van der Waals surface area (Å²) in [5, 5.41) is 4.76. The molecule has 0 radical (unpaired) electrons. The average molecular weight is 412 g/mol. The summed E-state index contributed by atoms with van der Waals surface area (Å²) >= 11 is 0. The van der Waals surface area contributed by atoms with E-state index in [9.17, 15) is 4.79 Å². The molecule has 7 heteroatoms. The smallest absolute Gasteiger partial charge is 0.274 e. The second-order valence-electron chi connectivity index (χ2n) is 7.79. The van der Waals surface area contributed by atoms with Gasteiger partial charge in [0.25, 0.3) is 5.91 Å². The lowest BCUT2D eigenvalue weighted by Crippen LogP contribution is -2.49. The lowest BCUT2D eigenvalue weighted by molar-refractivity contribution is 0.0741. The Balaban J connectivity index is 1.32. The fourth-order valence-electron chi connectivity index (χ4n) is 4.27. The van der Waals surface area contributed by atoms with Gasteiger partial charge in [-0.15, -0.1) is 0 Å². The molecule has 0 atom stereocenters. The zero-order valence-electron chi connectivity index (χ0n) is 17.7. The van der Waals surface area contributed by atoms with Crippen LogP contribution in [0.4, 0.5) is 5.69 Å². The number of para-hydroxylation sites is 3. The summed E-state index contributed by atoms with van der Waals surface area (Å²) in [6.07, 6.45) is 1.58. The molecular formula is C24H24N6O. The highest BCUT2D eigenvalue weighted by molar-refractivity contribution is 5.94.